The third-order valence-electron chi connectivity index (χ3n) is 2.26. The van der Waals surface area contributed by atoms with E-state index in [4.69, 9.17) is 11.6 Å². The number of benzene rings is 2. The molecule has 0 spiro atoms. The molecule has 0 aliphatic heterocycles. The normalized spacial score (nSPS) is 10.6. The van der Waals surface area contributed by atoms with Crippen LogP contribution in [-0.4, -0.2) is 13.0 Å². The Kier molecular flexibility index (Phi) is 5.85. The van der Waals surface area contributed by atoms with Gasteiger partial charge in [0.25, 0.3) is 0 Å². The quantitative estimate of drug-likeness (QED) is 0.640. The maximum atomic E-state index is 10.9. The largest absolute Gasteiger partial charge is 1.00 e. The van der Waals surface area contributed by atoms with E-state index in [1.165, 1.54) is 18.2 Å². The van der Waals surface area contributed by atoms with E-state index in [0.717, 1.165) is 5.69 Å². The minimum absolute atomic E-state index is 0. The van der Waals surface area contributed by atoms with E-state index in [2.05, 4.69) is 5.32 Å². The molecule has 4 nitrogen and oxygen atoms in total. The zero-order chi connectivity index (χ0) is 13.2. The van der Waals surface area contributed by atoms with Crippen LogP contribution in [-0.2, 0) is 10.1 Å². The molecule has 0 saturated carbocycles. The number of para-hydroxylation sites is 1. The van der Waals surface area contributed by atoms with Crippen LogP contribution < -0.4 is 34.9 Å². The summed E-state index contributed by atoms with van der Waals surface area (Å²) in [5.74, 6) is 0. The number of anilines is 2. The third-order valence-corrected chi connectivity index (χ3v) is 3.58. The van der Waals surface area contributed by atoms with Crippen molar-refractivity contribution in [1.82, 2.24) is 0 Å². The molecule has 19 heavy (non-hydrogen) atoms. The average Bonchev–Trinajstić information content (AvgIpc) is 2.28. The van der Waals surface area contributed by atoms with Gasteiger partial charge in [0, 0.05) is 11.4 Å². The number of halogens is 1. The van der Waals surface area contributed by atoms with Crippen molar-refractivity contribution >= 4 is 33.1 Å². The molecule has 2 aromatic rings. The zero-order valence-electron chi connectivity index (χ0n) is 10.1. The molecule has 0 unspecified atom stereocenters. The van der Waals surface area contributed by atoms with Crippen LogP contribution >= 0.6 is 11.6 Å². The van der Waals surface area contributed by atoms with Crippen molar-refractivity contribution in [3.8, 4) is 0 Å². The van der Waals surface area contributed by atoms with Crippen molar-refractivity contribution in [3.05, 3.63) is 53.6 Å². The Morgan fingerprint density at radius 1 is 1.00 bits per heavy atom. The van der Waals surface area contributed by atoms with E-state index in [0.29, 0.717) is 5.69 Å². The van der Waals surface area contributed by atoms with Crippen LogP contribution in [0.5, 0.6) is 0 Å². The van der Waals surface area contributed by atoms with Crippen LogP contribution in [0, 0.1) is 0 Å². The van der Waals surface area contributed by atoms with Gasteiger partial charge in [-0.2, -0.15) is 0 Å². The first-order chi connectivity index (χ1) is 8.47. The van der Waals surface area contributed by atoms with E-state index < -0.39 is 15.0 Å². The van der Waals surface area contributed by atoms with Gasteiger partial charge in [-0.3, -0.25) is 0 Å². The molecule has 0 aliphatic rings. The molecular formula is C12H9ClNNaO3S. The van der Waals surface area contributed by atoms with Gasteiger partial charge in [-0.05, 0) is 30.3 Å². The molecule has 0 amide bonds. The van der Waals surface area contributed by atoms with E-state index in [-0.39, 0.29) is 34.6 Å². The first kappa shape index (κ1) is 16.5. The second-order valence-electron chi connectivity index (χ2n) is 3.59. The van der Waals surface area contributed by atoms with E-state index in [1.54, 1.807) is 0 Å². The number of hydrogen-bond donors (Lipinski definition) is 1. The fourth-order valence-electron chi connectivity index (χ4n) is 1.47. The summed E-state index contributed by atoms with van der Waals surface area (Å²) in [7, 11) is -4.53. The first-order valence-corrected chi connectivity index (χ1v) is 6.83. The topological polar surface area (TPSA) is 69.2 Å². The average molecular weight is 306 g/mol. The Morgan fingerprint density at radius 2 is 1.63 bits per heavy atom. The Bertz CT molecular complexity index is 662. The van der Waals surface area contributed by atoms with Crippen molar-refractivity contribution < 1.29 is 42.5 Å². The van der Waals surface area contributed by atoms with Crippen LogP contribution in [0.4, 0.5) is 11.4 Å². The minimum Gasteiger partial charge on any atom is -0.744 e. The van der Waals surface area contributed by atoms with Crippen LogP contribution in [0.25, 0.3) is 0 Å². The Morgan fingerprint density at radius 3 is 2.16 bits per heavy atom. The van der Waals surface area contributed by atoms with Crippen LogP contribution in [0.3, 0.4) is 0 Å². The molecule has 0 aromatic heterocycles. The van der Waals surface area contributed by atoms with Crippen LogP contribution in [0.1, 0.15) is 0 Å². The standard InChI is InChI=1S/C12H10ClNO3S.Na/c13-11-8-10(6-7-12(11)18(15,16)17)14-9-4-2-1-3-5-9;/h1-8,14H,(H,15,16,17);/q;+1/p-1. The zero-order valence-corrected chi connectivity index (χ0v) is 13.7. The maximum absolute atomic E-state index is 10.9. The minimum atomic E-state index is -4.53. The summed E-state index contributed by atoms with van der Waals surface area (Å²) in [6.07, 6.45) is 0. The summed E-state index contributed by atoms with van der Waals surface area (Å²) in [5.41, 5.74) is 1.45. The van der Waals surface area contributed by atoms with Crippen molar-refractivity contribution in [3.63, 3.8) is 0 Å². The number of nitrogens with one attached hydrogen (secondary N) is 1. The summed E-state index contributed by atoms with van der Waals surface area (Å²) in [4.78, 5) is -0.414. The van der Waals surface area contributed by atoms with Gasteiger partial charge in [0.1, 0.15) is 10.1 Å². The molecular weight excluding hydrogens is 297 g/mol. The van der Waals surface area contributed by atoms with Crippen LogP contribution in [0.2, 0.25) is 5.02 Å². The molecule has 0 heterocycles. The molecule has 0 saturated heterocycles. The maximum Gasteiger partial charge on any atom is 1.00 e. The fourth-order valence-corrected chi connectivity index (χ4v) is 2.47. The molecule has 2 aromatic carbocycles. The van der Waals surface area contributed by atoms with E-state index in [9.17, 15) is 13.0 Å². The summed E-state index contributed by atoms with van der Waals surface area (Å²) in [5, 5.41) is 2.95. The summed E-state index contributed by atoms with van der Waals surface area (Å²) in [6.45, 7) is 0. The van der Waals surface area contributed by atoms with E-state index >= 15 is 0 Å². The molecule has 1 N–H and O–H groups in total. The number of rotatable bonds is 3. The summed E-state index contributed by atoms with van der Waals surface area (Å²) >= 11 is 5.76. The Balaban J connectivity index is 0.00000180. The number of hydrogen-bond acceptors (Lipinski definition) is 4. The SMILES string of the molecule is O=S(=O)([O-])c1ccc(Nc2ccccc2)cc1Cl.[Na+]. The second-order valence-corrected chi connectivity index (χ2v) is 5.35. The van der Waals surface area contributed by atoms with Gasteiger partial charge < -0.3 is 9.87 Å². The monoisotopic (exact) mass is 305 g/mol. The first-order valence-electron chi connectivity index (χ1n) is 5.04. The predicted octanol–water partition coefficient (Wildman–Crippen LogP) is -0.00830. The molecule has 94 valence electrons. The smallest absolute Gasteiger partial charge is 0.744 e. The second kappa shape index (κ2) is 6.74. The molecule has 2 rings (SSSR count). The van der Waals surface area contributed by atoms with Crippen molar-refractivity contribution in [1.29, 1.82) is 0 Å². The van der Waals surface area contributed by atoms with Gasteiger partial charge in [-0.1, -0.05) is 29.8 Å². The molecule has 0 aliphatic carbocycles. The Labute approximate surface area is 138 Å². The summed E-state index contributed by atoms with van der Waals surface area (Å²) in [6, 6.07) is 13.4. The van der Waals surface area contributed by atoms with Crippen molar-refractivity contribution in [2.45, 2.75) is 4.90 Å². The molecule has 7 heteroatoms. The predicted molar refractivity (Wildman–Crippen MR) is 69.1 cm³/mol. The van der Waals surface area contributed by atoms with Gasteiger partial charge in [0.05, 0.1) is 9.92 Å². The van der Waals surface area contributed by atoms with Gasteiger partial charge in [-0.25, -0.2) is 8.42 Å². The molecule has 0 radical (unpaired) electrons. The van der Waals surface area contributed by atoms with E-state index in [1.807, 2.05) is 30.3 Å². The molecule has 0 bridgehead atoms. The van der Waals surface area contributed by atoms with Crippen molar-refractivity contribution in [2.24, 2.45) is 0 Å². The van der Waals surface area contributed by atoms with Crippen molar-refractivity contribution in [2.75, 3.05) is 5.32 Å². The van der Waals surface area contributed by atoms with Gasteiger partial charge >= 0.3 is 29.6 Å². The van der Waals surface area contributed by atoms with Gasteiger partial charge in [0.15, 0.2) is 0 Å². The van der Waals surface area contributed by atoms with Gasteiger partial charge in [-0.15, -0.1) is 0 Å². The molecule has 0 atom stereocenters. The van der Waals surface area contributed by atoms with Gasteiger partial charge in [0.2, 0.25) is 0 Å². The van der Waals surface area contributed by atoms with Crippen LogP contribution in [0.15, 0.2) is 53.4 Å². The molecule has 0 fully saturated rings. The fraction of sp³-hybridized carbons (Fsp3) is 0. The summed E-state index contributed by atoms with van der Waals surface area (Å²) < 4.78 is 32.6. The Hall–Kier alpha value is -0.560. The third kappa shape index (κ3) is 4.49.